The molecule has 0 saturated heterocycles. The SMILES string of the molecule is CCCNC(=O)[C@@H](C)NC(=O)Cc1ccc(Cl)c(Cl)c1. The fraction of sp³-hybridized carbons (Fsp3) is 0.429. The van der Waals surface area contributed by atoms with Gasteiger partial charge in [-0.1, -0.05) is 36.2 Å². The summed E-state index contributed by atoms with van der Waals surface area (Å²) >= 11 is 11.7. The molecule has 110 valence electrons. The van der Waals surface area contributed by atoms with E-state index in [1.165, 1.54) is 0 Å². The topological polar surface area (TPSA) is 58.2 Å². The standard InChI is InChI=1S/C14H18Cl2N2O2/c1-3-6-17-14(20)9(2)18-13(19)8-10-4-5-11(15)12(16)7-10/h4-5,7,9H,3,6,8H2,1-2H3,(H,17,20)(H,18,19)/t9-/m1/s1. The van der Waals surface area contributed by atoms with E-state index in [9.17, 15) is 9.59 Å². The van der Waals surface area contributed by atoms with Gasteiger partial charge in [0.2, 0.25) is 11.8 Å². The number of carbonyl (C=O) groups excluding carboxylic acids is 2. The molecule has 0 aliphatic carbocycles. The number of rotatable bonds is 6. The van der Waals surface area contributed by atoms with Gasteiger partial charge in [-0.15, -0.1) is 0 Å². The summed E-state index contributed by atoms with van der Waals surface area (Å²) in [6.45, 7) is 4.22. The Morgan fingerprint density at radius 1 is 1.25 bits per heavy atom. The molecular formula is C14H18Cl2N2O2. The second-order valence-electron chi connectivity index (χ2n) is 4.51. The summed E-state index contributed by atoms with van der Waals surface area (Å²) in [5.74, 6) is -0.420. The van der Waals surface area contributed by atoms with Gasteiger partial charge in [-0.05, 0) is 31.0 Å². The van der Waals surface area contributed by atoms with Crippen LogP contribution in [0.4, 0.5) is 0 Å². The Kier molecular flexibility index (Phi) is 6.82. The molecule has 0 spiro atoms. The summed E-state index contributed by atoms with van der Waals surface area (Å²) in [4.78, 5) is 23.5. The summed E-state index contributed by atoms with van der Waals surface area (Å²) in [6.07, 6.45) is 1.01. The zero-order chi connectivity index (χ0) is 15.1. The maximum Gasteiger partial charge on any atom is 0.242 e. The molecule has 0 saturated carbocycles. The largest absolute Gasteiger partial charge is 0.354 e. The van der Waals surface area contributed by atoms with Crippen LogP contribution < -0.4 is 10.6 Å². The third-order valence-corrected chi connectivity index (χ3v) is 3.41. The zero-order valence-electron chi connectivity index (χ0n) is 11.5. The molecule has 0 fully saturated rings. The first kappa shape index (κ1) is 16.8. The van der Waals surface area contributed by atoms with Crippen LogP contribution in [0.15, 0.2) is 18.2 Å². The van der Waals surface area contributed by atoms with Gasteiger partial charge in [-0.3, -0.25) is 9.59 Å². The summed E-state index contributed by atoms with van der Waals surface area (Å²) < 4.78 is 0. The predicted molar refractivity (Wildman–Crippen MR) is 81.1 cm³/mol. The number of carbonyl (C=O) groups is 2. The van der Waals surface area contributed by atoms with Gasteiger partial charge in [0.1, 0.15) is 6.04 Å². The molecule has 2 amide bonds. The minimum Gasteiger partial charge on any atom is -0.354 e. The maximum atomic E-state index is 11.8. The zero-order valence-corrected chi connectivity index (χ0v) is 13.0. The molecule has 6 heteroatoms. The first-order valence-corrected chi connectivity index (χ1v) is 7.20. The first-order valence-electron chi connectivity index (χ1n) is 6.45. The minimum absolute atomic E-state index is 0.155. The van der Waals surface area contributed by atoms with E-state index in [4.69, 9.17) is 23.2 Å². The lowest BCUT2D eigenvalue weighted by Gasteiger charge is -2.14. The molecule has 1 rings (SSSR count). The third-order valence-electron chi connectivity index (χ3n) is 2.67. The van der Waals surface area contributed by atoms with Crippen molar-refractivity contribution in [2.24, 2.45) is 0 Å². The molecule has 20 heavy (non-hydrogen) atoms. The van der Waals surface area contributed by atoms with Crippen LogP contribution in [0.2, 0.25) is 10.0 Å². The molecule has 0 heterocycles. The molecule has 0 aliphatic heterocycles. The molecule has 0 aliphatic rings. The van der Waals surface area contributed by atoms with Crippen molar-refractivity contribution in [2.45, 2.75) is 32.7 Å². The Balaban J connectivity index is 2.50. The lowest BCUT2D eigenvalue weighted by atomic mass is 10.1. The van der Waals surface area contributed by atoms with Crippen molar-refractivity contribution in [1.29, 1.82) is 0 Å². The van der Waals surface area contributed by atoms with Gasteiger partial charge in [-0.2, -0.15) is 0 Å². The number of hydrogen-bond acceptors (Lipinski definition) is 2. The van der Waals surface area contributed by atoms with Crippen LogP contribution in [0.1, 0.15) is 25.8 Å². The van der Waals surface area contributed by atoms with Crippen LogP contribution in [0.5, 0.6) is 0 Å². The van der Waals surface area contributed by atoms with Crippen LogP contribution in [0.25, 0.3) is 0 Å². The molecule has 4 nitrogen and oxygen atoms in total. The monoisotopic (exact) mass is 316 g/mol. The number of halogens is 2. The molecule has 2 N–H and O–H groups in total. The lowest BCUT2D eigenvalue weighted by Crippen LogP contribution is -2.45. The highest BCUT2D eigenvalue weighted by Gasteiger charge is 2.15. The summed E-state index contributed by atoms with van der Waals surface area (Å²) in [7, 11) is 0. The molecule has 1 aromatic carbocycles. The third kappa shape index (κ3) is 5.39. The second kappa shape index (κ2) is 8.12. The summed E-state index contributed by atoms with van der Waals surface area (Å²) in [5.41, 5.74) is 0.748. The Bertz CT molecular complexity index is 492. The molecule has 0 radical (unpaired) electrons. The van der Waals surface area contributed by atoms with E-state index < -0.39 is 6.04 Å². The molecule has 0 bridgehead atoms. The van der Waals surface area contributed by atoms with Crippen molar-refractivity contribution in [3.63, 3.8) is 0 Å². The normalized spacial score (nSPS) is 11.8. The van der Waals surface area contributed by atoms with Gasteiger partial charge in [-0.25, -0.2) is 0 Å². The predicted octanol–water partition coefficient (Wildman–Crippen LogP) is 2.57. The van der Waals surface area contributed by atoms with Crippen molar-refractivity contribution in [3.05, 3.63) is 33.8 Å². The molecule has 0 unspecified atom stereocenters. The average molecular weight is 317 g/mol. The van der Waals surface area contributed by atoms with Crippen molar-refractivity contribution >= 4 is 35.0 Å². The highest BCUT2D eigenvalue weighted by Crippen LogP contribution is 2.22. The fourth-order valence-corrected chi connectivity index (χ4v) is 1.92. The molecule has 0 aromatic heterocycles. The summed E-state index contributed by atoms with van der Waals surface area (Å²) in [5, 5.41) is 6.23. The van der Waals surface area contributed by atoms with Crippen molar-refractivity contribution in [3.8, 4) is 0 Å². The Morgan fingerprint density at radius 3 is 2.55 bits per heavy atom. The minimum atomic E-state index is -0.558. The van der Waals surface area contributed by atoms with Gasteiger partial charge in [0.15, 0.2) is 0 Å². The van der Waals surface area contributed by atoms with Crippen molar-refractivity contribution < 1.29 is 9.59 Å². The average Bonchev–Trinajstić information content (AvgIpc) is 2.40. The first-order chi connectivity index (χ1) is 9.43. The Labute approximate surface area is 128 Å². The van der Waals surface area contributed by atoms with E-state index in [1.807, 2.05) is 6.92 Å². The van der Waals surface area contributed by atoms with Gasteiger partial charge < -0.3 is 10.6 Å². The fourth-order valence-electron chi connectivity index (χ4n) is 1.59. The van der Waals surface area contributed by atoms with Crippen LogP contribution in [-0.2, 0) is 16.0 Å². The number of nitrogens with one attached hydrogen (secondary N) is 2. The highest BCUT2D eigenvalue weighted by atomic mass is 35.5. The van der Waals surface area contributed by atoms with E-state index >= 15 is 0 Å². The maximum absolute atomic E-state index is 11.8. The number of amides is 2. The van der Waals surface area contributed by atoms with Crippen molar-refractivity contribution in [1.82, 2.24) is 10.6 Å². The van der Waals surface area contributed by atoms with E-state index in [1.54, 1.807) is 25.1 Å². The van der Waals surface area contributed by atoms with E-state index in [2.05, 4.69) is 10.6 Å². The van der Waals surface area contributed by atoms with Crippen LogP contribution in [0.3, 0.4) is 0 Å². The van der Waals surface area contributed by atoms with Crippen LogP contribution in [0, 0.1) is 0 Å². The summed E-state index contributed by atoms with van der Waals surface area (Å²) in [6, 6.07) is 4.46. The van der Waals surface area contributed by atoms with Crippen LogP contribution in [-0.4, -0.2) is 24.4 Å². The smallest absolute Gasteiger partial charge is 0.242 e. The van der Waals surface area contributed by atoms with Gasteiger partial charge in [0, 0.05) is 6.54 Å². The van der Waals surface area contributed by atoms with Crippen molar-refractivity contribution in [2.75, 3.05) is 6.54 Å². The Hall–Kier alpha value is -1.26. The van der Waals surface area contributed by atoms with E-state index in [-0.39, 0.29) is 18.2 Å². The number of hydrogen-bond donors (Lipinski definition) is 2. The van der Waals surface area contributed by atoms with E-state index in [0.29, 0.717) is 16.6 Å². The molecular weight excluding hydrogens is 299 g/mol. The van der Waals surface area contributed by atoms with Gasteiger partial charge in [0.25, 0.3) is 0 Å². The lowest BCUT2D eigenvalue weighted by molar-refractivity contribution is -0.128. The Morgan fingerprint density at radius 2 is 1.95 bits per heavy atom. The van der Waals surface area contributed by atoms with E-state index in [0.717, 1.165) is 12.0 Å². The quantitative estimate of drug-likeness (QED) is 0.847. The van der Waals surface area contributed by atoms with Crippen LogP contribution >= 0.6 is 23.2 Å². The van der Waals surface area contributed by atoms with Gasteiger partial charge in [0.05, 0.1) is 16.5 Å². The highest BCUT2D eigenvalue weighted by molar-refractivity contribution is 6.42. The number of benzene rings is 1. The molecule has 1 aromatic rings. The van der Waals surface area contributed by atoms with Gasteiger partial charge >= 0.3 is 0 Å². The molecule has 1 atom stereocenters. The second-order valence-corrected chi connectivity index (χ2v) is 5.32.